The van der Waals surface area contributed by atoms with Crippen molar-refractivity contribution < 1.29 is 0 Å². The van der Waals surface area contributed by atoms with Crippen LogP contribution in [0, 0.1) is 0 Å². The average Bonchev–Trinajstić information content (AvgIpc) is 2.88. The van der Waals surface area contributed by atoms with E-state index in [0.29, 0.717) is 0 Å². The van der Waals surface area contributed by atoms with Gasteiger partial charge in [0.05, 0.1) is 10.7 Å². The summed E-state index contributed by atoms with van der Waals surface area (Å²) in [5.74, 6) is 0. The molecule has 0 radical (unpaired) electrons. The summed E-state index contributed by atoms with van der Waals surface area (Å²) in [5.41, 5.74) is 7.29. The van der Waals surface area contributed by atoms with Crippen LogP contribution >= 0.6 is 11.6 Å². The summed E-state index contributed by atoms with van der Waals surface area (Å²) in [6.07, 6.45) is 1.01. The number of hydrogen-bond acceptors (Lipinski definition) is 1. The highest BCUT2D eigenvalue weighted by molar-refractivity contribution is 6.33. The fraction of sp³-hybridized carbons (Fsp3) is 0.176. The molecule has 0 saturated carbocycles. The maximum Gasteiger partial charge on any atom is 0.0643 e. The molecule has 0 atom stereocenters. The molecule has 0 spiro atoms. The van der Waals surface area contributed by atoms with E-state index in [4.69, 9.17) is 11.6 Å². The molecule has 6 rings (SSSR count). The molecule has 0 aliphatic carbocycles. The third-order valence-corrected chi connectivity index (χ3v) is 7.77. The normalized spacial score (nSPS) is 12.1. The molecule has 6 aromatic rings. The van der Waals surface area contributed by atoms with Gasteiger partial charge in [-0.2, -0.15) is 0 Å². The lowest BCUT2D eigenvalue weighted by Gasteiger charge is -2.21. The Kier molecular flexibility index (Phi) is 5.43. The van der Waals surface area contributed by atoms with E-state index in [1.165, 1.54) is 54.6 Å². The predicted octanol–water partition coefficient (Wildman–Crippen LogP) is 10.5. The number of anilines is 2. The Morgan fingerprint density at radius 3 is 2.03 bits per heavy atom. The van der Waals surface area contributed by atoms with Crippen LogP contribution in [-0.4, -0.2) is 0 Å². The van der Waals surface area contributed by atoms with Crippen molar-refractivity contribution in [2.75, 3.05) is 5.32 Å². The van der Waals surface area contributed by atoms with Crippen molar-refractivity contribution in [3.8, 4) is 11.1 Å². The van der Waals surface area contributed by atoms with E-state index in [2.05, 4.69) is 124 Å². The zero-order chi connectivity index (χ0) is 25.0. The second-order valence-electron chi connectivity index (χ2n) is 10.7. The van der Waals surface area contributed by atoms with Crippen LogP contribution in [-0.2, 0) is 11.8 Å². The van der Waals surface area contributed by atoms with E-state index in [1.54, 1.807) is 0 Å². The minimum atomic E-state index is 0.0588. The van der Waals surface area contributed by atoms with Gasteiger partial charge in [-0.15, -0.1) is 0 Å². The molecular weight excluding hydrogens is 458 g/mol. The highest BCUT2D eigenvalue weighted by Crippen LogP contribution is 2.43. The number of benzene rings is 6. The van der Waals surface area contributed by atoms with E-state index in [-0.39, 0.29) is 5.41 Å². The summed E-state index contributed by atoms with van der Waals surface area (Å²) in [5, 5.41) is 12.0. The molecule has 0 aromatic heterocycles. The van der Waals surface area contributed by atoms with Gasteiger partial charge in [0.1, 0.15) is 0 Å². The molecule has 1 N–H and O–H groups in total. The van der Waals surface area contributed by atoms with E-state index < -0.39 is 0 Å². The standard InChI is InChI=1S/C34H30ClN/c1-5-21-8-6-7-9-25(21)26-15-10-22-12-17-28-30(18-13-23-11-16-27(26)32(22)33(23)28)36-31-19-14-24(20-29(31)35)34(2,3)4/h6-20,36H,5H2,1-4H3. The molecule has 178 valence electrons. The maximum absolute atomic E-state index is 6.74. The molecule has 0 unspecified atom stereocenters. The smallest absolute Gasteiger partial charge is 0.0643 e. The fourth-order valence-electron chi connectivity index (χ4n) is 5.46. The van der Waals surface area contributed by atoms with Crippen LogP contribution in [0.1, 0.15) is 38.8 Å². The van der Waals surface area contributed by atoms with Gasteiger partial charge in [0.25, 0.3) is 0 Å². The van der Waals surface area contributed by atoms with Crippen LogP contribution in [0.5, 0.6) is 0 Å². The van der Waals surface area contributed by atoms with Gasteiger partial charge in [0, 0.05) is 11.1 Å². The molecule has 2 heteroatoms. The highest BCUT2D eigenvalue weighted by atomic mass is 35.5. The Morgan fingerprint density at radius 1 is 0.667 bits per heavy atom. The van der Waals surface area contributed by atoms with Crippen molar-refractivity contribution in [1.82, 2.24) is 0 Å². The second kappa shape index (κ2) is 8.54. The van der Waals surface area contributed by atoms with Gasteiger partial charge in [-0.05, 0) is 79.2 Å². The molecule has 0 saturated heterocycles. The Labute approximate surface area is 218 Å². The topological polar surface area (TPSA) is 12.0 Å². The number of nitrogens with one attached hydrogen (secondary N) is 1. The van der Waals surface area contributed by atoms with Gasteiger partial charge in [-0.25, -0.2) is 0 Å². The van der Waals surface area contributed by atoms with Gasteiger partial charge >= 0.3 is 0 Å². The summed E-state index contributed by atoms with van der Waals surface area (Å²) in [4.78, 5) is 0. The van der Waals surface area contributed by atoms with Crippen molar-refractivity contribution in [3.05, 3.63) is 107 Å². The molecule has 36 heavy (non-hydrogen) atoms. The Bertz CT molecular complexity index is 1740. The molecule has 0 heterocycles. The monoisotopic (exact) mass is 487 g/mol. The van der Waals surface area contributed by atoms with Crippen LogP contribution in [0.15, 0.2) is 91.0 Å². The summed E-state index contributed by atoms with van der Waals surface area (Å²) >= 11 is 6.74. The molecule has 0 bridgehead atoms. The second-order valence-corrected chi connectivity index (χ2v) is 11.1. The molecule has 0 fully saturated rings. The number of hydrogen-bond donors (Lipinski definition) is 1. The third kappa shape index (κ3) is 3.70. The first-order valence-corrected chi connectivity index (χ1v) is 13.1. The van der Waals surface area contributed by atoms with Crippen molar-refractivity contribution in [1.29, 1.82) is 0 Å². The van der Waals surface area contributed by atoms with Gasteiger partial charge in [-0.1, -0.05) is 112 Å². The first kappa shape index (κ1) is 22.9. The summed E-state index contributed by atoms with van der Waals surface area (Å²) < 4.78 is 0. The van der Waals surface area contributed by atoms with E-state index in [0.717, 1.165) is 22.8 Å². The van der Waals surface area contributed by atoms with Gasteiger partial charge < -0.3 is 5.32 Å². The number of rotatable bonds is 4. The van der Waals surface area contributed by atoms with Crippen LogP contribution in [0.4, 0.5) is 11.4 Å². The molecule has 0 amide bonds. The van der Waals surface area contributed by atoms with Crippen LogP contribution in [0.3, 0.4) is 0 Å². The first-order valence-electron chi connectivity index (χ1n) is 12.7. The Balaban J connectivity index is 1.55. The molecule has 6 aromatic carbocycles. The summed E-state index contributed by atoms with van der Waals surface area (Å²) in [7, 11) is 0. The maximum atomic E-state index is 6.74. The Hall–Kier alpha value is -3.55. The lowest BCUT2D eigenvalue weighted by Crippen LogP contribution is -2.11. The van der Waals surface area contributed by atoms with Gasteiger partial charge in [0.15, 0.2) is 0 Å². The summed E-state index contributed by atoms with van der Waals surface area (Å²) in [6, 6.07) is 33.1. The fourth-order valence-corrected chi connectivity index (χ4v) is 5.69. The van der Waals surface area contributed by atoms with Crippen LogP contribution < -0.4 is 5.32 Å². The minimum Gasteiger partial charge on any atom is -0.354 e. The first-order chi connectivity index (χ1) is 17.3. The molecular formula is C34H30ClN. The van der Waals surface area contributed by atoms with E-state index in [9.17, 15) is 0 Å². The van der Waals surface area contributed by atoms with Crippen molar-refractivity contribution in [3.63, 3.8) is 0 Å². The van der Waals surface area contributed by atoms with E-state index in [1.807, 2.05) is 0 Å². The number of halogens is 1. The number of aryl methyl sites for hydroxylation is 1. The third-order valence-electron chi connectivity index (χ3n) is 7.46. The lowest BCUT2D eigenvalue weighted by molar-refractivity contribution is 0.590. The quantitative estimate of drug-likeness (QED) is 0.244. The average molecular weight is 488 g/mol. The van der Waals surface area contributed by atoms with Crippen molar-refractivity contribution >= 4 is 55.3 Å². The zero-order valence-corrected chi connectivity index (χ0v) is 22.0. The molecule has 0 aliphatic heterocycles. The molecule has 1 nitrogen and oxygen atoms in total. The van der Waals surface area contributed by atoms with Crippen molar-refractivity contribution in [2.24, 2.45) is 0 Å². The SMILES string of the molecule is CCc1ccccc1-c1ccc2ccc3c(Nc4ccc(C(C)(C)C)cc4Cl)ccc4ccc1c2c43. The Morgan fingerprint density at radius 2 is 1.31 bits per heavy atom. The highest BCUT2D eigenvalue weighted by Gasteiger charge is 2.17. The van der Waals surface area contributed by atoms with Crippen LogP contribution in [0.2, 0.25) is 5.02 Å². The lowest BCUT2D eigenvalue weighted by atomic mass is 9.87. The predicted molar refractivity (Wildman–Crippen MR) is 158 cm³/mol. The van der Waals surface area contributed by atoms with Gasteiger partial charge in [0.2, 0.25) is 0 Å². The molecule has 0 aliphatic rings. The zero-order valence-electron chi connectivity index (χ0n) is 21.2. The van der Waals surface area contributed by atoms with E-state index >= 15 is 0 Å². The summed E-state index contributed by atoms with van der Waals surface area (Å²) in [6.45, 7) is 8.85. The van der Waals surface area contributed by atoms with Crippen LogP contribution in [0.25, 0.3) is 43.4 Å². The van der Waals surface area contributed by atoms with Crippen molar-refractivity contribution in [2.45, 2.75) is 39.5 Å². The van der Waals surface area contributed by atoms with Gasteiger partial charge in [-0.3, -0.25) is 0 Å². The largest absolute Gasteiger partial charge is 0.354 e. The minimum absolute atomic E-state index is 0.0588.